The summed E-state index contributed by atoms with van der Waals surface area (Å²) in [6.45, 7) is 5.96. The standard InChI is InChI=1S/C30H36N6O3S/c1-21(2)40(37,38)35(4)26-18-24(19-27(32-26)36-17-11-16-25(36)23-14-9-6-10-15-23)28-33-34-29(39-28)30(3,31)20-22-12-7-5-8-13-22/h5-10,12-15,18-19,21,25H,11,16-17,20,31H2,1-4H3/t25?,30-/m1/s1. The van der Waals surface area contributed by atoms with E-state index in [0.29, 0.717) is 29.5 Å². The zero-order valence-electron chi connectivity index (χ0n) is 23.4. The van der Waals surface area contributed by atoms with Crippen molar-refractivity contribution in [2.75, 3.05) is 22.8 Å². The van der Waals surface area contributed by atoms with E-state index in [1.807, 2.05) is 61.5 Å². The van der Waals surface area contributed by atoms with Gasteiger partial charge >= 0.3 is 0 Å². The summed E-state index contributed by atoms with van der Waals surface area (Å²) in [5.41, 5.74) is 8.58. The number of nitrogens with zero attached hydrogens (tertiary/aromatic N) is 5. The lowest BCUT2D eigenvalue weighted by molar-refractivity contribution is 0.355. The van der Waals surface area contributed by atoms with Gasteiger partial charge in [0, 0.05) is 19.2 Å². The van der Waals surface area contributed by atoms with Crippen molar-refractivity contribution in [1.82, 2.24) is 15.2 Å². The first kappa shape index (κ1) is 27.8. The molecule has 1 aliphatic heterocycles. The van der Waals surface area contributed by atoms with Gasteiger partial charge in [0.1, 0.15) is 11.6 Å². The lowest BCUT2D eigenvalue weighted by Crippen LogP contribution is -2.35. The fourth-order valence-electron chi connectivity index (χ4n) is 5.11. The number of benzene rings is 2. The average molecular weight is 561 g/mol. The number of sulfonamides is 1. The van der Waals surface area contributed by atoms with Gasteiger partial charge in [-0.25, -0.2) is 13.4 Å². The molecule has 1 saturated heterocycles. The fourth-order valence-corrected chi connectivity index (χ4v) is 6.10. The molecule has 10 heteroatoms. The Bertz CT molecular complexity index is 1550. The molecule has 0 aliphatic carbocycles. The van der Waals surface area contributed by atoms with Gasteiger partial charge < -0.3 is 15.1 Å². The van der Waals surface area contributed by atoms with Crippen molar-refractivity contribution >= 4 is 21.7 Å². The van der Waals surface area contributed by atoms with Crippen LogP contribution in [0, 0.1) is 0 Å². The third kappa shape index (κ3) is 5.59. The number of pyridine rings is 1. The molecule has 0 amide bonds. The van der Waals surface area contributed by atoms with Gasteiger partial charge in [-0.15, -0.1) is 10.2 Å². The molecule has 4 aromatic rings. The Morgan fingerprint density at radius 1 is 1.07 bits per heavy atom. The highest BCUT2D eigenvalue weighted by molar-refractivity contribution is 7.93. The SMILES string of the molecule is CC(C)S(=O)(=O)N(C)c1cc(-c2nnc([C@](C)(N)Cc3ccccc3)o2)cc(N2CCCC2c2ccccc2)n1. The predicted molar refractivity (Wildman–Crippen MR) is 157 cm³/mol. The van der Waals surface area contributed by atoms with Gasteiger partial charge in [-0.3, -0.25) is 4.31 Å². The molecule has 1 unspecified atom stereocenters. The number of hydrogen-bond donors (Lipinski definition) is 1. The number of hydrogen-bond acceptors (Lipinski definition) is 8. The summed E-state index contributed by atoms with van der Waals surface area (Å²) in [6, 6.07) is 23.9. The van der Waals surface area contributed by atoms with Crippen molar-refractivity contribution < 1.29 is 12.8 Å². The van der Waals surface area contributed by atoms with Crippen LogP contribution in [-0.4, -0.2) is 42.4 Å². The van der Waals surface area contributed by atoms with E-state index >= 15 is 0 Å². The Hall–Kier alpha value is -3.76. The molecule has 2 N–H and O–H groups in total. The lowest BCUT2D eigenvalue weighted by Gasteiger charge is -2.28. The van der Waals surface area contributed by atoms with Crippen molar-refractivity contribution in [2.45, 2.75) is 56.9 Å². The van der Waals surface area contributed by atoms with Crippen LogP contribution in [-0.2, 0) is 22.0 Å². The first-order valence-electron chi connectivity index (χ1n) is 13.5. The van der Waals surface area contributed by atoms with E-state index in [4.69, 9.17) is 15.1 Å². The van der Waals surface area contributed by atoms with Crippen LogP contribution in [0.3, 0.4) is 0 Å². The van der Waals surface area contributed by atoms with E-state index in [1.54, 1.807) is 19.9 Å². The summed E-state index contributed by atoms with van der Waals surface area (Å²) in [4.78, 5) is 7.05. The quantitative estimate of drug-likeness (QED) is 0.302. The second kappa shape index (κ2) is 11.0. The summed E-state index contributed by atoms with van der Waals surface area (Å²) in [7, 11) is -2.09. The lowest BCUT2D eigenvalue weighted by atomic mass is 9.94. The molecule has 2 aromatic heterocycles. The van der Waals surface area contributed by atoms with Gasteiger partial charge in [0.2, 0.25) is 21.8 Å². The average Bonchev–Trinajstić information content (AvgIpc) is 3.64. The van der Waals surface area contributed by atoms with Crippen molar-refractivity contribution in [3.05, 3.63) is 89.8 Å². The van der Waals surface area contributed by atoms with Gasteiger partial charge in [-0.05, 0) is 63.3 Å². The predicted octanol–water partition coefficient (Wildman–Crippen LogP) is 5.06. The summed E-state index contributed by atoms with van der Waals surface area (Å²) < 4.78 is 33.6. The van der Waals surface area contributed by atoms with Crippen molar-refractivity contribution in [1.29, 1.82) is 0 Å². The number of nitrogens with two attached hydrogens (primary N) is 1. The number of rotatable bonds is 9. The number of aromatic nitrogens is 3. The summed E-state index contributed by atoms with van der Waals surface area (Å²) >= 11 is 0. The second-order valence-corrected chi connectivity index (χ2v) is 13.4. The van der Waals surface area contributed by atoms with Crippen LogP contribution in [0.25, 0.3) is 11.5 Å². The van der Waals surface area contributed by atoms with E-state index in [-0.39, 0.29) is 11.9 Å². The van der Waals surface area contributed by atoms with Crippen molar-refractivity contribution in [3.8, 4) is 11.5 Å². The highest BCUT2D eigenvalue weighted by atomic mass is 32.2. The number of anilines is 2. The van der Waals surface area contributed by atoms with E-state index < -0.39 is 20.8 Å². The smallest absolute Gasteiger partial charge is 0.248 e. The third-order valence-electron chi connectivity index (χ3n) is 7.40. The van der Waals surface area contributed by atoms with Crippen molar-refractivity contribution in [2.24, 2.45) is 5.73 Å². The molecule has 3 heterocycles. The van der Waals surface area contributed by atoms with Crippen LogP contribution in [0.4, 0.5) is 11.6 Å². The van der Waals surface area contributed by atoms with Gasteiger partial charge in [0.15, 0.2) is 0 Å². The third-order valence-corrected chi connectivity index (χ3v) is 9.55. The molecular formula is C30H36N6O3S. The Morgan fingerprint density at radius 2 is 1.75 bits per heavy atom. The first-order valence-corrected chi connectivity index (χ1v) is 15.0. The van der Waals surface area contributed by atoms with E-state index in [1.165, 1.54) is 16.9 Å². The van der Waals surface area contributed by atoms with Crippen LogP contribution in [0.5, 0.6) is 0 Å². The highest BCUT2D eigenvalue weighted by Gasteiger charge is 2.32. The normalized spacial score (nSPS) is 17.2. The Kier molecular flexibility index (Phi) is 7.65. The monoisotopic (exact) mass is 560 g/mol. The maximum Gasteiger partial charge on any atom is 0.248 e. The van der Waals surface area contributed by atoms with Crippen LogP contribution < -0.4 is 14.9 Å². The van der Waals surface area contributed by atoms with Gasteiger partial charge in [0.05, 0.1) is 16.8 Å². The zero-order valence-corrected chi connectivity index (χ0v) is 24.2. The molecule has 40 heavy (non-hydrogen) atoms. The van der Waals surface area contributed by atoms with E-state index in [2.05, 4.69) is 27.2 Å². The molecule has 0 bridgehead atoms. The molecule has 0 saturated carbocycles. The van der Waals surface area contributed by atoms with Gasteiger partial charge in [-0.1, -0.05) is 60.7 Å². The van der Waals surface area contributed by atoms with Crippen LogP contribution in [0.2, 0.25) is 0 Å². The summed E-state index contributed by atoms with van der Waals surface area (Å²) in [6.07, 6.45) is 2.49. The topological polar surface area (TPSA) is 118 Å². The van der Waals surface area contributed by atoms with E-state index in [0.717, 1.165) is 24.9 Å². The minimum Gasteiger partial charge on any atom is -0.419 e. The van der Waals surface area contributed by atoms with Crippen LogP contribution >= 0.6 is 0 Å². The Balaban J connectivity index is 1.55. The van der Waals surface area contributed by atoms with Crippen LogP contribution in [0.15, 0.2) is 77.2 Å². The molecule has 1 aliphatic rings. The molecule has 210 valence electrons. The van der Waals surface area contributed by atoms with Crippen LogP contribution in [0.1, 0.15) is 56.7 Å². The van der Waals surface area contributed by atoms with Crippen molar-refractivity contribution in [3.63, 3.8) is 0 Å². The molecule has 5 rings (SSSR count). The molecule has 2 aromatic carbocycles. The second-order valence-electron chi connectivity index (χ2n) is 10.9. The summed E-state index contributed by atoms with van der Waals surface area (Å²) in [5.74, 6) is 1.51. The molecule has 1 fully saturated rings. The molecule has 0 radical (unpaired) electrons. The van der Waals surface area contributed by atoms with Gasteiger partial charge in [-0.2, -0.15) is 0 Å². The van der Waals surface area contributed by atoms with Gasteiger partial charge in [0.25, 0.3) is 0 Å². The highest BCUT2D eigenvalue weighted by Crippen LogP contribution is 2.38. The van der Waals surface area contributed by atoms with E-state index in [9.17, 15) is 8.42 Å². The first-order chi connectivity index (χ1) is 19.1. The largest absolute Gasteiger partial charge is 0.419 e. The fraction of sp³-hybridized carbons (Fsp3) is 0.367. The minimum absolute atomic E-state index is 0.125. The molecule has 0 spiro atoms. The molecular weight excluding hydrogens is 524 g/mol. The minimum atomic E-state index is -3.62. The Labute approximate surface area is 236 Å². The Morgan fingerprint density at radius 3 is 2.42 bits per heavy atom. The molecule has 2 atom stereocenters. The maximum absolute atomic E-state index is 13.1. The summed E-state index contributed by atoms with van der Waals surface area (Å²) in [5, 5.41) is 8.01. The molecule has 9 nitrogen and oxygen atoms in total. The zero-order chi connectivity index (χ0) is 28.5. The maximum atomic E-state index is 13.1.